The Kier molecular flexibility index (Phi) is 6.80. The number of carbonyl (C=O) groups is 3. The minimum absolute atomic E-state index is 0.0373. The molecule has 23 heavy (non-hydrogen) atoms. The number of carbonyl (C=O) groups excluding carboxylic acids is 3. The van der Waals surface area contributed by atoms with Gasteiger partial charge in [-0.15, -0.1) is 0 Å². The monoisotopic (exact) mass is 328 g/mol. The zero-order valence-electron chi connectivity index (χ0n) is 14.6. The van der Waals surface area contributed by atoms with E-state index in [0.717, 1.165) is 12.8 Å². The van der Waals surface area contributed by atoms with E-state index in [1.165, 1.54) is 7.05 Å². The fraction of sp³-hybridized carbons (Fsp3) is 0.800. The lowest BCUT2D eigenvalue weighted by molar-refractivity contribution is -0.125. The van der Waals surface area contributed by atoms with Crippen LogP contribution >= 0.6 is 0 Å². The summed E-state index contributed by atoms with van der Waals surface area (Å²) in [6.45, 7) is 8.57. The van der Waals surface area contributed by atoms with Crippen molar-refractivity contribution in [2.75, 3.05) is 20.1 Å². The van der Waals surface area contributed by atoms with Crippen LogP contribution < -0.4 is 16.0 Å². The Morgan fingerprint density at radius 3 is 2.22 bits per heavy atom. The van der Waals surface area contributed by atoms with Gasteiger partial charge in [0.15, 0.2) is 0 Å². The van der Waals surface area contributed by atoms with Gasteiger partial charge in [0, 0.05) is 26.2 Å². The number of imide groups is 1. The van der Waals surface area contributed by atoms with Gasteiger partial charge in [-0.25, -0.2) is 9.59 Å². The van der Waals surface area contributed by atoms with Gasteiger partial charge in [0.2, 0.25) is 5.91 Å². The van der Waals surface area contributed by atoms with Crippen molar-refractivity contribution < 1.29 is 19.1 Å². The molecular weight excluding hydrogens is 300 g/mol. The Hall–Kier alpha value is -1.83. The molecule has 0 unspecified atom stereocenters. The summed E-state index contributed by atoms with van der Waals surface area (Å²) < 4.78 is 5.24. The van der Waals surface area contributed by atoms with Gasteiger partial charge in [-0.1, -0.05) is 0 Å². The predicted octanol–water partition coefficient (Wildman–Crippen LogP) is 0.820. The molecule has 0 saturated carbocycles. The van der Waals surface area contributed by atoms with Gasteiger partial charge < -0.3 is 15.4 Å². The Morgan fingerprint density at radius 1 is 1.17 bits per heavy atom. The average molecular weight is 328 g/mol. The number of hydrogen-bond acceptors (Lipinski definition) is 5. The first kappa shape index (κ1) is 19.2. The minimum atomic E-state index is -0.517. The Morgan fingerprint density at radius 2 is 1.74 bits per heavy atom. The van der Waals surface area contributed by atoms with E-state index in [1.54, 1.807) is 6.92 Å². The maximum Gasteiger partial charge on any atom is 0.407 e. The van der Waals surface area contributed by atoms with Crippen LogP contribution in [0.15, 0.2) is 0 Å². The van der Waals surface area contributed by atoms with E-state index in [0.29, 0.717) is 13.1 Å². The van der Waals surface area contributed by atoms with E-state index in [1.807, 2.05) is 25.7 Å². The van der Waals surface area contributed by atoms with Crippen LogP contribution in [-0.2, 0) is 9.53 Å². The second kappa shape index (κ2) is 8.14. The molecule has 0 bridgehead atoms. The zero-order valence-corrected chi connectivity index (χ0v) is 14.6. The van der Waals surface area contributed by atoms with Crippen LogP contribution in [0, 0.1) is 0 Å². The fourth-order valence-corrected chi connectivity index (χ4v) is 2.35. The van der Waals surface area contributed by atoms with Gasteiger partial charge in [-0.3, -0.25) is 15.0 Å². The third-order valence-corrected chi connectivity index (χ3v) is 3.64. The van der Waals surface area contributed by atoms with Crippen LogP contribution in [0.3, 0.4) is 0 Å². The fourth-order valence-electron chi connectivity index (χ4n) is 2.35. The zero-order chi connectivity index (χ0) is 17.6. The second-order valence-corrected chi connectivity index (χ2v) is 6.70. The highest BCUT2D eigenvalue weighted by Gasteiger charge is 2.28. The molecule has 0 aliphatic carbocycles. The number of amides is 4. The quantitative estimate of drug-likeness (QED) is 0.712. The molecule has 4 amide bonds. The maximum atomic E-state index is 11.9. The lowest BCUT2D eigenvalue weighted by Crippen LogP contribution is -2.53. The summed E-state index contributed by atoms with van der Waals surface area (Å²) in [5, 5.41) is 7.48. The van der Waals surface area contributed by atoms with Crippen molar-refractivity contribution >= 4 is 18.0 Å². The molecule has 0 radical (unpaired) electrons. The molecule has 0 spiro atoms. The van der Waals surface area contributed by atoms with Gasteiger partial charge in [0.1, 0.15) is 5.60 Å². The smallest absolute Gasteiger partial charge is 0.407 e. The first-order valence-corrected chi connectivity index (χ1v) is 7.88. The molecule has 8 heteroatoms. The van der Waals surface area contributed by atoms with Crippen molar-refractivity contribution in [1.29, 1.82) is 0 Å². The van der Waals surface area contributed by atoms with Gasteiger partial charge in [0.25, 0.3) is 0 Å². The van der Waals surface area contributed by atoms with E-state index >= 15 is 0 Å². The summed E-state index contributed by atoms with van der Waals surface area (Å²) in [4.78, 5) is 36.8. The summed E-state index contributed by atoms with van der Waals surface area (Å²) in [6, 6.07) is -0.867. The van der Waals surface area contributed by atoms with Crippen LogP contribution in [0.4, 0.5) is 9.59 Å². The molecule has 1 aliphatic rings. The minimum Gasteiger partial charge on any atom is -0.444 e. The van der Waals surface area contributed by atoms with E-state index in [4.69, 9.17) is 4.74 Å². The third-order valence-electron chi connectivity index (χ3n) is 3.64. The second-order valence-electron chi connectivity index (χ2n) is 6.70. The van der Waals surface area contributed by atoms with Crippen molar-refractivity contribution in [2.45, 2.75) is 58.2 Å². The lowest BCUT2D eigenvalue weighted by Gasteiger charge is -2.35. The highest BCUT2D eigenvalue weighted by Crippen LogP contribution is 2.14. The molecule has 0 aromatic carbocycles. The van der Waals surface area contributed by atoms with Gasteiger partial charge >= 0.3 is 12.1 Å². The largest absolute Gasteiger partial charge is 0.444 e. The van der Waals surface area contributed by atoms with Crippen LogP contribution in [0.5, 0.6) is 0 Å². The van der Waals surface area contributed by atoms with Crippen LogP contribution in [-0.4, -0.2) is 60.8 Å². The molecule has 1 saturated heterocycles. The topological polar surface area (TPSA) is 99.8 Å². The Balaban J connectivity index is 2.38. The van der Waals surface area contributed by atoms with Gasteiger partial charge in [0.05, 0.1) is 6.04 Å². The molecule has 1 aliphatic heterocycles. The van der Waals surface area contributed by atoms with E-state index in [2.05, 4.69) is 16.0 Å². The summed E-state index contributed by atoms with van der Waals surface area (Å²) in [6.07, 6.45) is 1.05. The number of piperidine rings is 1. The van der Waals surface area contributed by atoms with Crippen molar-refractivity contribution in [3.8, 4) is 0 Å². The van der Waals surface area contributed by atoms with Crippen molar-refractivity contribution in [2.24, 2.45) is 0 Å². The Bertz CT molecular complexity index is 439. The Labute approximate surface area is 137 Å². The molecule has 0 aromatic rings. The van der Waals surface area contributed by atoms with Crippen molar-refractivity contribution in [3.63, 3.8) is 0 Å². The van der Waals surface area contributed by atoms with Gasteiger partial charge in [-0.2, -0.15) is 0 Å². The molecular formula is C15H28N4O4. The normalized spacial score (nSPS) is 18.0. The number of rotatable bonds is 3. The molecule has 1 atom stereocenters. The number of ether oxygens (including phenoxy) is 1. The summed E-state index contributed by atoms with van der Waals surface area (Å²) >= 11 is 0. The van der Waals surface area contributed by atoms with Crippen LogP contribution in [0.25, 0.3) is 0 Å². The van der Waals surface area contributed by atoms with Crippen LogP contribution in [0.2, 0.25) is 0 Å². The summed E-state index contributed by atoms with van der Waals surface area (Å²) in [7, 11) is 1.46. The number of likely N-dealkylation sites (tertiary alicyclic amines) is 1. The number of nitrogens with zero attached hydrogens (tertiary/aromatic N) is 1. The number of nitrogens with one attached hydrogen (secondary N) is 3. The first-order chi connectivity index (χ1) is 10.6. The third kappa shape index (κ3) is 6.85. The lowest BCUT2D eigenvalue weighted by atomic mass is 10.0. The molecule has 0 aromatic heterocycles. The summed E-state index contributed by atoms with van der Waals surface area (Å²) in [5.41, 5.74) is -0.517. The van der Waals surface area contributed by atoms with E-state index < -0.39 is 23.8 Å². The number of hydrogen-bond donors (Lipinski definition) is 3. The van der Waals surface area contributed by atoms with Crippen LogP contribution in [0.1, 0.15) is 40.5 Å². The number of alkyl carbamates (subject to hydrolysis) is 1. The maximum absolute atomic E-state index is 11.9. The van der Waals surface area contributed by atoms with E-state index in [-0.39, 0.29) is 11.9 Å². The summed E-state index contributed by atoms with van der Waals surface area (Å²) in [5.74, 6) is -0.331. The SMILES string of the molecule is CNC(=O)NC(=O)[C@@H](C)N1CCC(NC(=O)OC(C)(C)C)CC1. The molecule has 1 rings (SSSR count). The highest BCUT2D eigenvalue weighted by atomic mass is 16.6. The molecule has 8 nitrogen and oxygen atoms in total. The molecule has 132 valence electrons. The predicted molar refractivity (Wildman–Crippen MR) is 86.0 cm³/mol. The first-order valence-electron chi connectivity index (χ1n) is 7.88. The van der Waals surface area contributed by atoms with Gasteiger partial charge in [-0.05, 0) is 40.5 Å². The standard InChI is InChI=1S/C15H28N4O4/c1-10(12(20)18-13(21)16-5)19-8-6-11(7-9-19)17-14(22)23-15(2,3)4/h10-11H,6-9H2,1-5H3,(H,17,22)(H2,16,18,20,21)/t10-/m1/s1. The molecule has 3 N–H and O–H groups in total. The van der Waals surface area contributed by atoms with Crippen molar-refractivity contribution in [3.05, 3.63) is 0 Å². The number of urea groups is 1. The van der Waals surface area contributed by atoms with Crippen molar-refractivity contribution in [1.82, 2.24) is 20.9 Å². The van der Waals surface area contributed by atoms with E-state index in [9.17, 15) is 14.4 Å². The molecule has 1 fully saturated rings. The average Bonchev–Trinajstić information content (AvgIpc) is 2.45. The molecule has 1 heterocycles. The highest BCUT2D eigenvalue weighted by molar-refractivity contribution is 5.96.